The highest BCUT2D eigenvalue weighted by atomic mass is 16.5. The second-order valence-electron chi connectivity index (χ2n) is 5.20. The van der Waals surface area contributed by atoms with Crippen molar-refractivity contribution in [2.45, 2.75) is 64.2 Å². The molecule has 1 saturated heterocycles. The molecular weight excluding hydrogens is 174 g/mol. The van der Waals surface area contributed by atoms with Gasteiger partial charge >= 0.3 is 0 Å². The van der Waals surface area contributed by atoms with E-state index in [1.54, 1.807) is 0 Å². The van der Waals surface area contributed by atoms with Gasteiger partial charge in [0.05, 0.1) is 11.7 Å². The Morgan fingerprint density at radius 1 is 1.21 bits per heavy atom. The first-order chi connectivity index (χ1) is 6.64. The zero-order valence-corrected chi connectivity index (χ0v) is 9.68. The smallest absolute Gasteiger partial charge is 0.0836 e. The lowest BCUT2D eigenvalue weighted by molar-refractivity contribution is -0.166. The van der Waals surface area contributed by atoms with Gasteiger partial charge < -0.3 is 10.1 Å². The summed E-state index contributed by atoms with van der Waals surface area (Å²) in [6.07, 6.45) is 5.67. The van der Waals surface area contributed by atoms with Crippen LogP contribution in [0.1, 0.15) is 46.5 Å². The summed E-state index contributed by atoms with van der Waals surface area (Å²) in [4.78, 5) is 0. The van der Waals surface area contributed by atoms with Crippen LogP contribution in [0.2, 0.25) is 0 Å². The van der Waals surface area contributed by atoms with Crippen molar-refractivity contribution in [3.63, 3.8) is 0 Å². The molecule has 4 unspecified atom stereocenters. The van der Waals surface area contributed by atoms with Crippen LogP contribution < -0.4 is 5.32 Å². The zero-order valence-electron chi connectivity index (χ0n) is 9.68. The van der Waals surface area contributed by atoms with Crippen LogP contribution in [0.15, 0.2) is 0 Å². The van der Waals surface area contributed by atoms with E-state index in [4.69, 9.17) is 4.74 Å². The maximum atomic E-state index is 6.28. The number of hydrogen-bond acceptors (Lipinski definition) is 2. The van der Waals surface area contributed by atoms with Crippen LogP contribution in [0.25, 0.3) is 0 Å². The van der Waals surface area contributed by atoms with Gasteiger partial charge in [-0.25, -0.2) is 0 Å². The monoisotopic (exact) mass is 197 g/mol. The lowest BCUT2D eigenvalue weighted by Gasteiger charge is -2.49. The van der Waals surface area contributed by atoms with E-state index in [1.165, 1.54) is 25.7 Å². The molecule has 0 aromatic heterocycles. The fourth-order valence-corrected chi connectivity index (χ4v) is 2.84. The molecule has 1 spiro atoms. The minimum absolute atomic E-state index is 0.157. The number of nitrogens with one attached hydrogen (secondary N) is 1. The molecule has 0 radical (unpaired) electrons. The summed E-state index contributed by atoms with van der Waals surface area (Å²) >= 11 is 0. The van der Waals surface area contributed by atoms with Gasteiger partial charge in [0.15, 0.2) is 0 Å². The van der Waals surface area contributed by atoms with Gasteiger partial charge in [-0.15, -0.1) is 0 Å². The van der Waals surface area contributed by atoms with Crippen molar-refractivity contribution in [1.29, 1.82) is 0 Å². The third-order valence-corrected chi connectivity index (χ3v) is 4.23. The van der Waals surface area contributed by atoms with Crippen LogP contribution in [-0.4, -0.2) is 24.3 Å². The fraction of sp³-hybridized carbons (Fsp3) is 1.00. The topological polar surface area (TPSA) is 21.3 Å². The highest BCUT2D eigenvalue weighted by molar-refractivity contribution is 4.96. The van der Waals surface area contributed by atoms with E-state index in [0.29, 0.717) is 12.1 Å². The highest BCUT2D eigenvalue weighted by Crippen LogP contribution is 2.39. The Morgan fingerprint density at radius 2 is 2.00 bits per heavy atom. The Balaban J connectivity index is 2.07. The van der Waals surface area contributed by atoms with E-state index in [9.17, 15) is 0 Å². The summed E-state index contributed by atoms with van der Waals surface area (Å²) in [6, 6.07) is 0.509. The molecule has 2 rings (SSSR count). The van der Waals surface area contributed by atoms with E-state index >= 15 is 0 Å². The van der Waals surface area contributed by atoms with Crippen molar-refractivity contribution in [3.05, 3.63) is 0 Å². The average Bonchev–Trinajstić information content (AvgIpc) is 2.17. The van der Waals surface area contributed by atoms with Gasteiger partial charge in [-0.3, -0.25) is 0 Å². The number of hydrogen-bond donors (Lipinski definition) is 1. The van der Waals surface area contributed by atoms with Crippen LogP contribution in [0.3, 0.4) is 0 Å². The third kappa shape index (κ3) is 1.70. The molecule has 1 aliphatic heterocycles. The second-order valence-corrected chi connectivity index (χ2v) is 5.20. The largest absolute Gasteiger partial charge is 0.369 e. The molecule has 1 aliphatic carbocycles. The number of morpholine rings is 1. The van der Waals surface area contributed by atoms with Crippen molar-refractivity contribution in [2.75, 3.05) is 6.54 Å². The van der Waals surface area contributed by atoms with Crippen molar-refractivity contribution in [3.8, 4) is 0 Å². The summed E-state index contributed by atoms with van der Waals surface area (Å²) < 4.78 is 6.28. The molecule has 1 N–H and O–H groups in total. The van der Waals surface area contributed by atoms with Crippen molar-refractivity contribution >= 4 is 0 Å². The van der Waals surface area contributed by atoms with E-state index in [2.05, 4.69) is 26.1 Å². The molecule has 0 amide bonds. The standard InChI is InChI=1S/C12H23NO/c1-9-6-4-5-7-12(9)8-13-10(2)11(3)14-12/h9-11,13H,4-8H2,1-3H3. The van der Waals surface area contributed by atoms with Crippen molar-refractivity contribution < 1.29 is 4.74 Å². The van der Waals surface area contributed by atoms with Gasteiger partial charge in [-0.2, -0.15) is 0 Å². The molecule has 2 fully saturated rings. The summed E-state index contributed by atoms with van der Waals surface area (Å²) in [7, 11) is 0. The second kappa shape index (κ2) is 3.82. The SMILES string of the molecule is CC1NCC2(CCCCC2C)OC1C. The Bertz CT molecular complexity index is 206. The Kier molecular flexibility index (Phi) is 2.85. The van der Waals surface area contributed by atoms with E-state index < -0.39 is 0 Å². The Hall–Kier alpha value is -0.0800. The summed E-state index contributed by atoms with van der Waals surface area (Å²) in [5, 5.41) is 3.60. The van der Waals surface area contributed by atoms with Crippen molar-refractivity contribution in [1.82, 2.24) is 5.32 Å². The molecule has 1 heterocycles. The lowest BCUT2D eigenvalue weighted by Crippen LogP contribution is -2.60. The highest BCUT2D eigenvalue weighted by Gasteiger charge is 2.43. The predicted molar refractivity (Wildman–Crippen MR) is 58.4 cm³/mol. The maximum Gasteiger partial charge on any atom is 0.0836 e. The van der Waals surface area contributed by atoms with Gasteiger partial charge in [-0.05, 0) is 32.6 Å². The van der Waals surface area contributed by atoms with Crippen LogP contribution in [0.4, 0.5) is 0 Å². The normalized spacial score (nSPS) is 49.5. The molecule has 0 aromatic carbocycles. The molecule has 14 heavy (non-hydrogen) atoms. The van der Waals surface area contributed by atoms with Gasteiger partial charge in [0.25, 0.3) is 0 Å². The quantitative estimate of drug-likeness (QED) is 0.643. The fourth-order valence-electron chi connectivity index (χ4n) is 2.84. The van der Waals surface area contributed by atoms with Crippen LogP contribution >= 0.6 is 0 Å². The molecular formula is C12H23NO. The predicted octanol–water partition coefficient (Wildman–Crippen LogP) is 2.33. The Morgan fingerprint density at radius 3 is 2.64 bits per heavy atom. The molecule has 0 aromatic rings. The summed E-state index contributed by atoms with van der Waals surface area (Å²) in [5.74, 6) is 0.721. The zero-order chi connectivity index (χ0) is 10.2. The van der Waals surface area contributed by atoms with Gasteiger partial charge in [0.1, 0.15) is 0 Å². The van der Waals surface area contributed by atoms with E-state index in [0.717, 1.165) is 12.5 Å². The third-order valence-electron chi connectivity index (χ3n) is 4.23. The summed E-state index contributed by atoms with van der Waals surface area (Å²) in [6.45, 7) is 7.81. The molecule has 2 nitrogen and oxygen atoms in total. The van der Waals surface area contributed by atoms with Crippen LogP contribution in [-0.2, 0) is 4.74 Å². The molecule has 1 saturated carbocycles. The number of ether oxygens (including phenoxy) is 1. The molecule has 82 valence electrons. The van der Waals surface area contributed by atoms with E-state index in [1.807, 2.05) is 0 Å². The summed E-state index contributed by atoms with van der Waals surface area (Å²) in [5.41, 5.74) is 0.157. The van der Waals surface area contributed by atoms with Gasteiger partial charge in [-0.1, -0.05) is 19.8 Å². The molecule has 4 atom stereocenters. The van der Waals surface area contributed by atoms with Crippen molar-refractivity contribution in [2.24, 2.45) is 5.92 Å². The first kappa shape index (κ1) is 10.4. The van der Waals surface area contributed by atoms with Gasteiger partial charge in [0.2, 0.25) is 0 Å². The maximum absolute atomic E-state index is 6.28. The first-order valence-electron chi connectivity index (χ1n) is 6.05. The van der Waals surface area contributed by atoms with E-state index in [-0.39, 0.29) is 5.60 Å². The van der Waals surface area contributed by atoms with Crippen LogP contribution in [0.5, 0.6) is 0 Å². The number of rotatable bonds is 0. The molecule has 2 heteroatoms. The minimum Gasteiger partial charge on any atom is -0.369 e. The van der Waals surface area contributed by atoms with Gasteiger partial charge in [0, 0.05) is 12.6 Å². The van der Waals surface area contributed by atoms with Crippen LogP contribution in [0, 0.1) is 5.92 Å². The Labute approximate surface area is 87.4 Å². The lowest BCUT2D eigenvalue weighted by atomic mass is 9.75. The molecule has 0 bridgehead atoms. The molecule has 2 aliphatic rings. The minimum atomic E-state index is 0.157. The first-order valence-corrected chi connectivity index (χ1v) is 6.05. The average molecular weight is 197 g/mol.